The summed E-state index contributed by atoms with van der Waals surface area (Å²) >= 11 is 5.37. The van der Waals surface area contributed by atoms with Gasteiger partial charge in [0.15, 0.2) is 4.77 Å². The summed E-state index contributed by atoms with van der Waals surface area (Å²) in [5, 5.41) is 0.585. The number of fused-ring (bicyclic) bond motifs is 1. The lowest BCUT2D eigenvalue weighted by molar-refractivity contribution is -0.900. The van der Waals surface area contributed by atoms with Gasteiger partial charge in [-0.15, -0.1) is 0 Å². The minimum atomic E-state index is -0.0591. The van der Waals surface area contributed by atoms with Crippen LogP contribution in [0.5, 0.6) is 5.75 Å². The molecule has 2 aromatic heterocycles. The van der Waals surface area contributed by atoms with Crippen molar-refractivity contribution in [1.82, 2.24) is 14.5 Å². The molecule has 1 saturated heterocycles. The van der Waals surface area contributed by atoms with Crippen LogP contribution in [-0.2, 0) is 6.54 Å². The number of aromatic nitrogens is 3. The lowest BCUT2D eigenvalue weighted by atomic mass is 10.2. The van der Waals surface area contributed by atoms with E-state index in [1.54, 1.807) is 34.9 Å². The zero-order valence-corrected chi connectivity index (χ0v) is 17.4. The SMILES string of the molecule is COc1ccc(N2CC[NH+](CCCn3c(=S)[nH]c4ncccc4c3=O)CC2)cc1. The van der Waals surface area contributed by atoms with E-state index in [0.29, 0.717) is 22.3 Å². The highest BCUT2D eigenvalue weighted by atomic mass is 32.1. The highest BCUT2D eigenvalue weighted by molar-refractivity contribution is 7.71. The fraction of sp³-hybridized carbons (Fsp3) is 0.381. The minimum absolute atomic E-state index is 0.0591. The number of H-pyrrole nitrogens is 1. The van der Waals surface area contributed by atoms with Gasteiger partial charge in [0, 0.05) is 24.8 Å². The number of nitrogens with one attached hydrogen (secondary N) is 2. The van der Waals surface area contributed by atoms with Gasteiger partial charge in [0.25, 0.3) is 5.56 Å². The maximum atomic E-state index is 12.7. The van der Waals surface area contributed by atoms with Crippen molar-refractivity contribution in [2.75, 3.05) is 44.7 Å². The van der Waals surface area contributed by atoms with Crippen molar-refractivity contribution in [3.63, 3.8) is 0 Å². The van der Waals surface area contributed by atoms with Crippen LogP contribution in [-0.4, -0.2) is 54.4 Å². The fourth-order valence-corrected chi connectivity index (χ4v) is 4.17. The van der Waals surface area contributed by atoms with Crippen LogP contribution >= 0.6 is 12.2 Å². The molecule has 0 saturated carbocycles. The number of methoxy groups -OCH3 is 1. The third kappa shape index (κ3) is 4.33. The lowest BCUT2D eigenvalue weighted by Crippen LogP contribution is -3.14. The Labute approximate surface area is 174 Å². The van der Waals surface area contributed by atoms with Gasteiger partial charge in [-0.05, 0) is 48.6 Å². The third-order valence-corrected chi connectivity index (χ3v) is 5.90. The monoisotopic (exact) mass is 412 g/mol. The molecular weight excluding hydrogens is 386 g/mol. The van der Waals surface area contributed by atoms with Crippen molar-refractivity contribution in [2.45, 2.75) is 13.0 Å². The Hall–Kier alpha value is -2.71. The molecule has 0 spiro atoms. The van der Waals surface area contributed by atoms with E-state index in [2.05, 4.69) is 27.0 Å². The number of hydrogen-bond acceptors (Lipinski definition) is 5. The summed E-state index contributed by atoms with van der Waals surface area (Å²) in [6, 6.07) is 11.8. The molecule has 7 nitrogen and oxygen atoms in total. The predicted octanol–water partition coefficient (Wildman–Crippen LogP) is 1.26. The van der Waals surface area contributed by atoms with Crippen molar-refractivity contribution in [2.24, 2.45) is 0 Å². The maximum absolute atomic E-state index is 12.7. The van der Waals surface area contributed by atoms with Gasteiger partial charge in [-0.2, -0.15) is 0 Å². The van der Waals surface area contributed by atoms with Crippen LogP contribution in [0.3, 0.4) is 0 Å². The summed E-state index contributed by atoms with van der Waals surface area (Å²) < 4.78 is 7.34. The maximum Gasteiger partial charge on any atom is 0.263 e. The molecule has 0 atom stereocenters. The molecule has 2 N–H and O–H groups in total. The van der Waals surface area contributed by atoms with Gasteiger partial charge in [0.05, 0.1) is 45.2 Å². The molecule has 1 aromatic carbocycles. The highest BCUT2D eigenvalue weighted by Gasteiger charge is 2.20. The van der Waals surface area contributed by atoms with Crippen molar-refractivity contribution in [3.8, 4) is 5.75 Å². The smallest absolute Gasteiger partial charge is 0.263 e. The van der Waals surface area contributed by atoms with E-state index in [1.807, 2.05) is 12.1 Å². The Morgan fingerprint density at radius 1 is 1.21 bits per heavy atom. The number of ether oxygens (including phenoxy) is 1. The molecule has 1 aliphatic heterocycles. The van der Waals surface area contributed by atoms with Crippen molar-refractivity contribution >= 4 is 28.9 Å². The molecule has 3 aromatic rings. The Bertz CT molecular complexity index is 1080. The quantitative estimate of drug-likeness (QED) is 0.597. The van der Waals surface area contributed by atoms with E-state index >= 15 is 0 Å². The Kier molecular flexibility index (Phi) is 5.92. The lowest BCUT2D eigenvalue weighted by Gasteiger charge is -2.33. The second-order valence-electron chi connectivity index (χ2n) is 7.33. The molecule has 0 bridgehead atoms. The predicted molar refractivity (Wildman–Crippen MR) is 117 cm³/mol. The molecule has 0 amide bonds. The number of pyridine rings is 1. The first-order valence-corrected chi connectivity index (χ1v) is 10.4. The summed E-state index contributed by atoms with van der Waals surface area (Å²) in [6.07, 6.45) is 2.58. The third-order valence-electron chi connectivity index (χ3n) is 5.57. The fourth-order valence-electron chi connectivity index (χ4n) is 3.90. The number of benzene rings is 1. The number of nitrogens with zero attached hydrogens (tertiary/aromatic N) is 3. The molecule has 0 aliphatic carbocycles. The normalized spacial score (nSPS) is 15.0. The summed E-state index contributed by atoms with van der Waals surface area (Å²) in [5.41, 5.74) is 1.74. The zero-order valence-electron chi connectivity index (χ0n) is 16.6. The molecule has 29 heavy (non-hydrogen) atoms. The topological polar surface area (TPSA) is 67.6 Å². The van der Waals surface area contributed by atoms with Crippen LogP contribution in [0.15, 0.2) is 47.4 Å². The average Bonchev–Trinajstić information content (AvgIpc) is 2.76. The largest absolute Gasteiger partial charge is 0.497 e. The van der Waals surface area contributed by atoms with Crippen molar-refractivity contribution in [3.05, 3.63) is 57.7 Å². The van der Waals surface area contributed by atoms with E-state index in [0.717, 1.165) is 44.9 Å². The van der Waals surface area contributed by atoms with Crippen LogP contribution in [0.25, 0.3) is 11.0 Å². The standard InChI is InChI=1S/C21H25N5O2S/c1-28-17-7-5-16(6-8-17)25-14-12-24(13-15-25)10-3-11-26-20(27)18-4-2-9-22-19(18)23-21(26)29/h2,4-9H,3,10-15H2,1H3,(H,22,23,29)/p+1. The Morgan fingerprint density at radius 3 is 2.69 bits per heavy atom. The molecule has 3 heterocycles. The number of aromatic amines is 1. The van der Waals surface area contributed by atoms with E-state index in [1.165, 1.54) is 5.69 Å². The number of piperazine rings is 1. The van der Waals surface area contributed by atoms with Gasteiger partial charge in [0.1, 0.15) is 11.4 Å². The number of hydrogen-bond donors (Lipinski definition) is 2. The van der Waals surface area contributed by atoms with Crippen LogP contribution in [0.4, 0.5) is 5.69 Å². The van der Waals surface area contributed by atoms with Crippen LogP contribution in [0.2, 0.25) is 0 Å². The molecule has 0 unspecified atom stereocenters. The van der Waals surface area contributed by atoms with Crippen LogP contribution in [0, 0.1) is 4.77 Å². The highest BCUT2D eigenvalue weighted by Crippen LogP contribution is 2.18. The minimum Gasteiger partial charge on any atom is -0.497 e. The van der Waals surface area contributed by atoms with Crippen molar-refractivity contribution in [1.29, 1.82) is 0 Å². The van der Waals surface area contributed by atoms with Gasteiger partial charge in [-0.1, -0.05) is 0 Å². The van der Waals surface area contributed by atoms with E-state index in [4.69, 9.17) is 17.0 Å². The molecule has 1 aliphatic rings. The first-order valence-electron chi connectivity index (χ1n) is 9.96. The molecule has 4 rings (SSSR count). The van der Waals surface area contributed by atoms with Gasteiger partial charge in [-0.3, -0.25) is 9.36 Å². The molecule has 0 radical (unpaired) electrons. The first-order chi connectivity index (χ1) is 14.2. The summed E-state index contributed by atoms with van der Waals surface area (Å²) in [7, 11) is 1.69. The van der Waals surface area contributed by atoms with E-state index < -0.39 is 0 Å². The van der Waals surface area contributed by atoms with Crippen LogP contribution < -0.4 is 20.1 Å². The number of rotatable bonds is 6. The van der Waals surface area contributed by atoms with Gasteiger partial charge in [0.2, 0.25) is 0 Å². The molecule has 1 fully saturated rings. The van der Waals surface area contributed by atoms with Crippen LogP contribution in [0.1, 0.15) is 6.42 Å². The second kappa shape index (κ2) is 8.75. The van der Waals surface area contributed by atoms with Crippen molar-refractivity contribution < 1.29 is 9.64 Å². The molecular formula is C21H26N5O2S+. The zero-order chi connectivity index (χ0) is 20.2. The van der Waals surface area contributed by atoms with Gasteiger partial charge < -0.3 is 19.5 Å². The van der Waals surface area contributed by atoms with E-state index in [9.17, 15) is 4.79 Å². The van der Waals surface area contributed by atoms with Gasteiger partial charge in [-0.25, -0.2) is 4.98 Å². The Morgan fingerprint density at radius 2 is 1.97 bits per heavy atom. The molecule has 152 valence electrons. The molecule has 8 heteroatoms. The number of anilines is 1. The average molecular weight is 413 g/mol. The van der Waals surface area contributed by atoms with E-state index in [-0.39, 0.29) is 5.56 Å². The Balaban J connectivity index is 1.31. The summed E-state index contributed by atoms with van der Waals surface area (Å²) in [6.45, 7) is 5.91. The van der Waals surface area contributed by atoms with Gasteiger partial charge >= 0.3 is 0 Å². The number of quaternary nitrogens is 1. The second-order valence-corrected chi connectivity index (χ2v) is 7.71. The first kappa shape index (κ1) is 19.6. The summed E-state index contributed by atoms with van der Waals surface area (Å²) in [5.74, 6) is 0.885. The summed E-state index contributed by atoms with van der Waals surface area (Å²) in [4.78, 5) is 23.9.